The third-order valence-corrected chi connectivity index (χ3v) is 4.63. The van der Waals surface area contributed by atoms with Gasteiger partial charge in [-0.25, -0.2) is 0 Å². The molecule has 0 unspecified atom stereocenters. The van der Waals surface area contributed by atoms with Crippen LogP contribution in [0.25, 0.3) is 0 Å². The first-order valence-electron chi connectivity index (χ1n) is 10.9. The molecule has 32 heavy (non-hydrogen) atoms. The van der Waals surface area contributed by atoms with Crippen molar-refractivity contribution in [2.24, 2.45) is 11.0 Å². The minimum atomic E-state index is -0.217. The van der Waals surface area contributed by atoms with Gasteiger partial charge in [0, 0.05) is 22.7 Å². The summed E-state index contributed by atoms with van der Waals surface area (Å²) in [6.07, 6.45) is 3.56. The van der Waals surface area contributed by atoms with Gasteiger partial charge in [-0.1, -0.05) is 50.6 Å². The fourth-order valence-corrected chi connectivity index (χ4v) is 3.03. The first-order chi connectivity index (χ1) is 15.4. The molecule has 0 saturated carbocycles. The van der Waals surface area contributed by atoms with Gasteiger partial charge in [0.15, 0.2) is 5.84 Å². The van der Waals surface area contributed by atoms with Crippen molar-refractivity contribution >= 4 is 23.3 Å². The van der Waals surface area contributed by atoms with E-state index in [4.69, 9.17) is 16.3 Å². The molecular formula is C25H33ClN4O2. The van der Waals surface area contributed by atoms with Gasteiger partial charge in [-0.15, -0.1) is 0 Å². The number of allylic oxidation sites excluding steroid dienone is 1. The molecule has 0 saturated heterocycles. The molecule has 2 aromatic carbocycles. The molecule has 0 radical (unpaired) electrons. The topological polar surface area (TPSA) is 74.8 Å². The zero-order valence-corrected chi connectivity index (χ0v) is 20.0. The minimum absolute atomic E-state index is 0.217. The van der Waals surface area contributed by atoms with Gasteiger partial charge in [0.1, 0.15) is 5.75 Å². The van der Waals surface area contributed by atoms with Crippen LogP contribution in [0.2, 0.25) is 5.02 Å². The summed E-state index contributed by atoms with van der Waals surface area (Å²) >= 11 is 6.16. The van der Waals surface area contributed by atoms with Gasteiger partial charge in [0.2, 0.25) is 0 Å². The van der Waals surface area contributed by atoms with Gasteiger partial charge >= 0.3 is 0 Å². The second-order valence-corrected chi connectivity index (χ2v) is 8.16. The van der Waals surface area contributed by atoms with Gasteiger partial charge in [-0.3, -0.25) is 4.79 Å². The molecule has 0 aromatic heterocycles. The first kappa shape index (κ1) is 25.4. The van der Waals surface area contributed by atoms with Gasteiger partial charge in [0.05, 0.1) is 13.2 Å². The van der Waals surface area contributed by atoms with E-state index >= 15 is 0 Å². The average Bonchev–Trinajstić information content (AvgIpc) is 2.77. The van der Waals surface area contributed by atoms with Crippen LogP contribution in [-0.4, -0.2) is 24.9 Å². The van der Waals surface area contributed by atoms with Gasteiger partial charge in [-0.2, -0.15) is 5.10 Å². The lowest BCUT2D eigenvalue weighted by molar-refractivity contribution is 0.0977. The van der Waals surface area contributed by atoms with E-state index in [0.717, 1.165) is 30.0 Å². The van der Waals surface area contributed by atoms with Crippen LogP contribution in [0.5, 0.6) is 5.75 Å². The van der Waals surface area contributed by atoms with Crippen LogP contribution in [0.15, 0.2) is 59.7 Å². The molecule has 2 rings (SSSR count). The molecule has 1 amide bonds. The lowest BCUT2D eigenvalue weighted by atomic mass is 10.1. The van der Waals surface area contributed by atoms with Crippen molar-refractivity contribution in [1.29, 1.82) is 0 Å². The van der Waals surface area contributed by atoms with Crippen molar-refractivity contribution < 1.29 is 9.53 Å². The van der Waals surface area contributed by atoms with E-state index in [-0.39, 0.29) is 5.91 Å². The SMILES string of the molecule is C/C=C/C(=N\NCc1cc(Cl)ccc1OCC(C)C)NC(=O)c1cccc(CNCC)c1. The van der Waals surface area contributed by atoms with E-state index in [2.05, 4.69) is 35.0 Å². The summed E-state index contributed by atoms with van der Waals surface area (Å²) in [5, 5.41) is 11.1. The van der Waals surface area contributed by atoms with Crippen molar-refractivity contribution in [3.63, 3.8) is 0 Å². The number of nitrogens with one attached hydrogen (secondary N) is 3. The number of amidine groups is 1. The summed E-state index contributed by atoms with van der Waals surface area (Å²) in [5.74, 6) is 1.38. The van der Waals surface area contributed by atoms with E-state index in [1.54, 1.807) is 18.2 Å². The van der Waals surface area contributed by atoms with Crippen LogP contribution < -0.4 is 20.8 Å². The maximum Gasteiger partial charge on any atom is 0.256 e. The molecule has 7 heteroatoms. The highest BCUT2D eigenvalue weighted by molar-refractivity contribution is 6.30. The fraction of sp³-hybridized carbons (Fsp3) is 0.360. The van der Waals surface area contributed by atoms with Gasteiger partial charge < -0.3 is 20.8 Å². The van der Waals surface area contributed by atoms with Crippen LogP contribution in [-0.2, 0) is 13.1 Å². The van der Waals surface area contributed by atoms with Gasteiger partial charge in [0.25, 0.3) is 5.91 Å². The maximum absolute atomic E-state index is 12.7. The Balaban J connectivity index is 2.06. The molecule has 0 spiro atoms. The average molecular weight is 457 g/mol. The molecule has 3 N–H and O–H groups in total. The fourth-order valence-electron chi connectivity index (χ4n) is 2.84. The summed E-state index contributed by atoms with van der Waals surface area (Å²) in [6, 6.07) is 13.1. The quantitative estimate of drug-likeness (QED) is 0.255. The summed E-state index contributed by atoms with van der Waals surface area (Å²) in [4.78, 5) is 12.7. The summed E-state index contributed by atoms with van der Waals surface area (Å²) in [7, 11) is 0. The van der Waals surface area contributed by atoms with Crippen LogP contribution in [0.3, 0.4) is 0 Å². The second kappa shape index (κ2) is 13.6. The normalized spacial score (nSPS) is 11.8. The van der Waals surface area contributed by atoms with E-state index in [1.807, 2.05) is 50.3 Å². The van der Waals surface area contributed by atoms with Crippen molar-refractivity contribution in [3.05, 3.63) is 76.3 Å². The number of ether oxygens (including phenoxy) is 1. The first-order valence-corrected chi connectivity index (χ1v) is 11.3. The Kier molecular flexibility index (Phi) is 10.8. The summed E-state index contributed by atoms with van der Waals surface area (Å²) in [6.45, 7) is 10.7. The Morgan fingerprint density at radius 1 is 1.19 bits per heavy atom. The number of amides is 1. The van der Waals surface area contributed by atoms with Crippen molar-refractivity contribution in [2.75, 3.05) is 13.2 Å². The third kappa shape index (κ3) is 8.73. The molecule has 0 aliphatic carbocycles. The standard InChI is InChI=1S/C25H33ClN4O2/c1-5-8-24(29-25(31)20-10-7-9-19(13-20)15-27-6-2)30-28-16-21-14-22(26)11-12-23(21)32-17-18(3)4/h5,7-14,18,27-28H,6,15-17H2,1-4H3,(H,29,30,31)/b8-5+. The molecule has 0 heterocycles. The Morgan fingerprint density at radius 2 is 2.00 bits per heavy atom. The Labute approximate surface area is 196 Å². The summed E-state index contributed by atoms with van der Waals surface area (Å²) in [5.41, 5.74) is 5.54. The van der Waals surface area contributed by atoms with E-state index in [9.17, 15) is 4.79 Å². The second-order valence-electron chi connectivity index (χ2n) is 7.72. The number of carbonyl (C=O) groups is 1. The lowest BCUT2D eigenvalue weighted by Crippen LogP contribution is -2.31. The monoisotopic (exact) mass is 456 g/mol. The minimum Gasteiger partial charge on any atom is -0.493 e. The molecule has 0 atom stereocenters. The van der Waals surface area contributed by atoms with Crippen LogP contribution in [0, 0.1) is 5.92 Å². The number of halogens is 1. The molecule has 0 fully saturated rings. The van der Waals surface area contributed by atoms with Crippen LogP contribution in [0.4, 0.5) is 0 Å². The van der Waals surface area contributed by atoms with Gasteiger partial charge in [-0.05, 0) is 61.4 Å². The Morgan fingerprint density at radius 3 is 2.72 bits per heavy atom. The Hall–Kier alpha value is -2.83. The van der Waals surface area contributed by atoms with Crippen LogP contribution in [0.1, 0.15) is 49.2 Å². The third-order valence-electron chi connectivity index (χ3n) is 4.40. The largest absolute Gasteiger partial charge is 0.493 e. The zero-order valence-electron chi connectivity index (χ0n) is 19.2. The number of rotatable bonds is 11. The number of benzene rings is 2. The Bertz CT molecular complexity index is 941. The van der Waals surface area contributed by atoms with E-state index in [0.29, 0.717) is 35.5 Å². The van der Waals surface area contributed by atoms with E-state index in [1.165, 1.54) is 0 Å². The number of nitrogens with zero attached hydrogens (tertiary/aromatic N) is 1. The smallest absolute Gasteiger partial charge is 0.256 e. The predicted molar refractivity (Wildman–Crippen MR) is 132 cm³/mol. The van der Waals surface area contributed by atoms with Crippen LogP contribution >= 0.6 is 11.6 Å². The van der Waals surface area contributed by atoms with E-state index < -0.39 is 0 Å². The highest BCUT2D eigenvalue weighted by Gasteiger charge is 2.09. The molecule has 6 nitrogen and oxygen atoms in total. The molecule has 172 valence electrons. The highest BCUT2D eigenvalue weighted by atomic mass is 35.5. The number of hydrogen-bond donors (Lipinski definition) is 3. The highest BCUT2D eigenvalue weighted by Crippen LogP contribution is 2.23. The van der Waals surface area contributed by atoms with Crippen molar-refractivity contribution in [3.8, 4) is 5.75 Å². The predicted octanol–water partition coefficient (Wildman–Crippen LogP) is 4.89. The van der Waals surface area contributed by atoms with Crippen molar-refractivity contribution in [2.45, 2.75) is 40.8 Å². The maximum atomic E-state index is 12.7. The molecule has 2 aromatic rings. The number of hydrazone groups is 1. The number of carbonyl (C=O) groups excluding carboxylic acids is 1. The molecule has 0 aliphatic heterocycles. The summed E-state index contributed by atoms with van der Waals surface area (Å²) < 4.78 is 5.88. The zero-order chi connectivity index (χ0) is 23.3. The molecular weight excluding hydrogens is 424 g/mol. The molecule has 0 aliphatic rings. The van der Waals surface area contributed by atoms with Crippen molar-refractivity contribution in [1.82, 2.24) is 16.1 Å². The lowest BCUT2D eigenvalue weighted by Gasteiger charge is -2.14. The number of hydrogen-bond acceptors (Lipinski definition) is 5. The molecule has 0 bridgehead atoms.